The summed E-state index contributed by atoms with van der Waals surface area (Å²) in [4.78, 5) is 19.1. The summed E-state index contributed by atoms with van der Waals surface area (Å²) in [7, 11) is 0. The lowest BCUT2D eigenvalue weighted by Crippen LogP contribution is -2.56. The number of aliphatic imine (C=N–C) groups is 1. The summed E-state index contributed by atoms with van der Waals surface area (Å²) >= 11 is 0. The summed E-state index contributed by atoms with van der Waals surface area (Å²) < 4.78 is 44.4. The molecule has 1 unspecified atom stereocenters. The lowest BCUT2D eigenvalue weighted by molar-refractivity contribution is -0.181. The highest BCUT2D eigenvalue weighted by Crippen LogP contribution is 2.25. The number of nitrogens with one attached hydrogen (secondary N) is 2. The Kier molecular flexibility index (Phi) is 11.4. The molecule has 1 aromatic carbocycles. The first-order chi connectivity index (χ1) is 14.2. The van der Waals surface area contributed by atoms with Crippen molar-refractivity contribution in [3.8, 4) is 5.75 Å². The van der Waals surface area contributed by atoms with Crippen LogP contribution in [0.25, 0.3) is 0 Å². The number of ether oxygens (including phenoxy) is 1. The highest BCUT2D eigenvalue weighted by Gasteiger charge is 2.41. The number of piperazine rings is 1. The highest BCUT2D eigenvalue weighted by molar-refractivity contribution is 14.0. The average Bonchev–Trinajstić information content (AvgIpc) is 2.69. The van der Waals surface area contributed by atoms with E-state index in [4.69, 9.17) is 4.74 Å². The normalized spacial score (nSPS) is 16.3. The zero-order chi connectivity index (χ0) is 22.1. The topological polar surface area (TPSA) is 69.2 Å². The monoisotopic (exact) mass is 557 g/mol. The maximum Gasteiger partial charge on any atom is 0.403 e. The molecule has 31 heavy (non-hydrogen) atoms. The zero-order valence-electron chi connectivity index (χ0n) is 18.0. The van der Waals surface area contributed by atoms with Crippen LogP contribution < -0.4 is 15.4 Å². The number of benzene rings is 1. The summed E-state index contributed by atoms with van der Waals surface area (Å²) in [6.45, 7) is 7.60. The van der Waals surface area contributed by atoms with Gasteiger partial charge < -0.3 is 20.3 Å². The maximum atomic E-state index is 12.9. The number of halogens is 4. The molecule has 1 aromatic rings. The van der Waals surface area contributed by atoms with E-state index in [2.05, 4.69) is 15.6 Å². The number of amides is 1. The molecule has 1 fully saturated rings. The Morgan fingerprint density at radius 3 is 2.52 bits per heavy atom. The lowest BCUT2D eigenvalue weighted by Gasteiger charge is -2.39. The van der Waals surface area contributed by atoms with Crippen LogP contribution in [0.1, 0.15) is 20.8 Å². The van der Waals surface area contributed by atoms with Gasteiger partial charge in [-0.3, -0.25) is 9.69 Å². The number of alkyl halides is 3. The summed E-state index contributed by atoms with van der Waals surface area (Å²) in [5, 5.41) is 5.88. The molecule has 7 nitrogen and oxygen atoms in total. The van der Waals surface area contributed by atoms with Gasteiger partial charge in [0.1, 0.15) is 18.4 Å². The lowest BCUT2D eigenvalue weighted by atomic mass is 10.2. The van der Waals surface area contributed by atoms with E-state index < -0.39 is 12.2 Å². The Hall–Kier alpha value is -1.76. The van der Waals surface area contributed by atoms with E-state index in [1.54, 1.807) is 24.3 Å². The number of hydrogen-bond donors (Lipinski definition) is 2. The van der Waals surface area contributed by atoms with Crippen LogP contribution in [0.15, 0.2) is 29.3 Å². The summed E-state index contributed by atoms with van der Waals surface area (Å²) in [5.41, 5.74) is 0.655. The van der Waals surface area contributed by atoms with Gasteiger partial charge in [0, 0.05) is 51.4 Å². The van der Waals surface area contributed by atoms with Crippen molar-refractivity contribution in [2.75, 3.05) is 51.2 Å². The van der Waals surface area contributed by atoms with Gasteiger partial charge in [0.15, 0.2) is 5.96 Å². The molecule has 2 rings (SSSR count). The second-order valence-corrected chi connectivity index (χ2v) is 7.03. The van der Waals surface area contributed by atoms with E-state index in [-0.39, 0.29) is 29.9 Å². The molecule has 1 saturated heterocycles. The van der Waals surface area contributed by atoms with Crippen LogP contribution in [0, 0.1) is 0 Å². The Morgan fingerprint density at radius 2 is 1.94 bits per heavy atom. The molecule has 0 aromatic heterocycles. The van der Waals surface area contributed by atoms with Crippen LogP contribution in [-0.2, 0) is 4.79 Å². The van der Waals surface area contributed by atoms with Crippen LogP contribution >= 0.6 is 24.0 Å². The van der Waals surface area contributed by atoms with Gasteiger partial charge in [0.05, 0.1) is 6.54 Å². The molecule has 11 heteroatoms. The maximum absolute atomic E-state index is 12.9. The van der Waals surface area contributed by atoms with Gasteiger partial charge in [-0.15, -0.1) is 24.0 Å². The van der Waals surface area contributed by atoms with Gasteiger partial charge in [0.25, 0.3) is 0 Å². The van der Waals surface area contributed by atoms with Crippen molar-refractivity contribution in [2.24, 2.45) is 4.99 Å². The van der Waals surface area contributed by atoms with Crippen LogP contribution in [-0.4, -0.2) is 79.8 Å². The van der Waals surface area contributed by atoms with Crippen molar-refractivity contribution in [1.82, 2.24) is 15.1 Å². The number of nitrogens with zero attached hydrogens (tertiary/aromatic N) is 3. The van der Waals surface area contributed by atoms with Crippen molar-refractivity contribution in [2.45, 2.75) is 33.0 Å². The predicted molar refractivity (Wildman–Crippen MR) is 126 cm³/mol. The van der Waals surface area contributed by atoms with E-state index in [1.165, 1.54) is 18.7 Å². The number of rotatable bonds is 7. The number of carbonyl (C=O) groups is 1. The van der Waals surface area contributed by atoms with E-state index in [1.807, 2.05) is 11.8 Å². The minimum atomic E-state index is -4.21. The Labute approximate surface area is 198 Å². The van der Waals surface area contributed by atoms with Crippen molar-refractivity contribution in [3.63, 3.8) is 0 Å². The molecule has 1 heterocycles. The van der Waals surface area contributed by atoms with E-state index >= 15 is 0 Å². The first-order valence-corrected chi connectivity index (χ1v) is 10.0. The fourth-order valence-corrected chi connectivity index (χ4v) is 3.14. The molecule has 2 N–H and O–H groups in total. The largest absolute Gasteiger partial charge is 0.492 e. The third kappa shape index (κ3) is 9.09. The van der Waals surface area contributed by atoms with Gasteiger partial charge in [-0.1, -0.05) is 6.07 Å². The molecule has 1 amide bonds. The van der Waals surface area contributed by atoms with Gasteiger partial charge in [0.2, 0.25) is 5.91 Å². The van der Waals surface area contributed by atoms with Crippen LogP contribution in [0.3, 0.4) is 0 Å². The molecule has 1 aliphatic rings. The molecule has 0 bridgehead atoms. The van der Waals surface area contributed by atoms with E-state index in [0.29, 0.717) is 63.3 Å². The Morgan fingerprint density at radius 1 is 1.26 bits per heavy atom. The third-order valence-corrected chi connectivity index (χ3v) is 4.75. The second-order valence-electron chi connectivity index (χ2n) is 7.03. The molecule has 0 radical (unpaired) electrons. The summed E-state index contributed by atoms with van der Waals surface area (Å²) in [6, 6.07) is 5.64. The van der Waals surface area contributed by atoms with Crippen molar-refractivity contribution in [3.05, 3.63) is 24.3 Å². The van der Waals surface area contributed by atoms with Crippen LogP contribution in [0.5, 0.6) is 5.75 Å². The minimum Gasteiger partial charge on any atom is -0.492 e. The average molecular weight is 557 g/mol. The van der Waals surface area contributed by atoms with Gasteiger partial charge in [-0.2, -0.15) is 13.2 Å². The van der Waals surface area contributed by atoms with E-state index in [9.17, 15) is 18.0 Å². The van der Waals surface area contributed by atoms with Gasteiger partial charge in [-0.05, 0) is 26.0 Å². The van der Waals surface area contributed by atoms with Crippen molar-refractivity contribution >= 4 is 41.5 Å². The number of hydrogen-bond acceptors (Lipinski definition) is 4. The molecule has 1 aliphatic heterocycles. The smallest absolute Gasteiger partial charge is 0.403 e. The van der Waals surface area contributed by atoms with E-state index in [0.717, 1.165) is 0 Å². The van der Waals surface area contributed by atoms with Crippen LogP contribution in [0.4, 0.5) is 18.9 Å². The van der Waals surface area contributed by atoms with Crippen molar-refractivity contribution < 1.29 is 22.7 Å². The molecule has 0 spiro atoms. The second kappa shape index (κ2) is 12.9. The number of carbonyl (C=O) groups excluding carboxylic acids is 1. The number of guanidine groups is 1. The fraction of sp³-hybridized carbons (Fsp3) is 0.600. The number of anilines is 1. The minimum absolute atomic E-state index is 0. The first kappa shape index (κ1) is 27.3. The predicted octanol–water partition coefficient (Wildman–Crippen LogP) is 3.18. The van der Waals surface area contributed by atoms with Crippen LogP contribution in [0.2, 0.25) is 0 Å². The summed E-state index contributed by atoms with van der Waals surface area (Å²) in [6.07, 6.45) is -4.21. The molecular weight excluding hydrogens is 526 g/mol. The highest BCUT2D eigenvalue weighted by atomic mass is 127. The Balaban J connectivity index is 0.00000480. The molecule has 1 atom stereocenters. The molecular formula is C20H31F3IN5O2. The first-order valence-electron chi connectivity index (χ1n) is 10.0. The van der Waals surface area contributed by atoms with Crippen molar-refractivity contribution in [1.29, 1.82) is 0 Å². The standard InChI is InChI=1S/C20H30F3N5O2.HI/c1-4-24-19(28-11-9-27(10-12-28)15(2)20(21,22)23)25-8-13-30-18-7-5-6-17(14-18)26-16(3)29;/h5-7,14-15H,4,8-13H2,1-3H3,(H,24,25)(H,26,29);1H. The van der Waals surface area contributed by atoms with Gasteiger partial charge in [-0.25, -0.2) is 4.99 Å². The molecule has 0 aliphatic carbocycles. The zero-order valence-corrected chi connectivity index (χ0v) is 20.4. The molecule has 0 saturated carbocycles. The summed E-state index contributed by atoms with van der Waals surface area (Å²) in [5.74, 6) is 1.14. The fourth-order valence-electron chi connectivity index (χ4n) is 3.14. The quantitative estimate of drug-likeness (QED) is 0.234. The third-order valence-electron chi connectivity index (χ3n) is 4.75. The Bertz CT molecular complexity index is 725. The molecule has 176 valence electrons. The van der Waals surface area contributed by atoms with Gasteiger partial charge >= 0.3 is 6.18 Å². The SMILES string of the molecule is CCNC(=NCCOc1cccc(NC(C)=O)c1)N1CCN(C(C)C(F)(F)F)CC1.I.